The summed E-state index contributed by atoms with van der Waals surface area (Å²) in [5.41, 5.74) is -1.05. The van der Waals surface area contributed by atoms with E-state index in [1.807, 2.05) is 7.05 Å². The number of carboxylic acids is 1. The summed E-state index contributed by atoms with van der Waals surface area (Å²) in [4.78, 5) is 25.4. The van der Waals surface area contributed by atoms with Crippen LogP contribution in [0.1, 0.15) is 38.5 Å². The first-order chi connectivity index (χ1) is 9.03. The molecule has 1 aliphatic carbocycles. The number of rotatable bonds is 4. The van der Waals surface area contributed by atoms with Crippen LogP contribution in [0.5, 0.6) is 0 Å². The molecule has 2 amide bonds. The minimum atomic E-state index is -1.05. The molecule has 1 unspecified atom stereocenters. The molecule has 1 atom stereocenters. The van der Waals surface area contributed by atoms with Crippen molar-refractivity contribution in [3.8, 4) is 0 Å². The normalized spacial score (nSPS) is 26.3. The maximum absolute atomic E-state index is 11.9. The maximum Gasteiger partial charge on any atom is 0.329 e. The van der Waals surface area contributed by atoms with Gasteiger partial charge in [0, 0.05) is 12.6 Å². The zero-order chi connectivity index (χ0) is 13.9. The highest BCUT2D eigenvalue weighted by molar-refractivity contribution is 5.86. The number of hydrogen-bond donors (Lipinski definition) is 3. The smallest absolute Gasteiger partial charge is 0.329 e. The van der Waals surface area contributed by atoms with Crippen molar-refractivity contribution in [1.82, 2.24) is 15.5 Å². The molecular weight excluding hydrogens is 246 g/mol. The lowest BCUT2D eigenvalue weighted by atomic mass is 9.98. The van der Waals surface area contributed by atoms with Gasteiger partial charge in [0.05, 0.1) is 0 Å². The van der Waals surface area contributed by atoms with E-state index in [0.717, 1.165) is 32.2 Å². The average molecular weight is 269 g/mol. The predicted octanol–water partition coefficient (Wildman–Crippen LogP) is 0.777. The van der Waals surface area contributed by atoms with Gasteiger partial charge in [-0.25, -0.2) is 9.59 Å². The van der Waals surface area contributed by atoms with Crippen molar-refractivity contribution in [1.29, 1.82) is 0 Å². The second-order valence-corrected chi connectivity index (χ2v) is 5.71. The summed E-state index contributed by atoms with van der Waals surface area (Å²) in [6, 6.07) is 0.0136. The molecule has 1 heterocycles. The van der Waals surface area contributed by atoms with Crippen LogP contribution in [-0.2, 0) is 4.79 Å². The standard InChI is InChI=1S/C13H23N3O3/c1-16-8-4-5-10(16)9-14-12(19)15-13(11(17)18)6-2-3-7-13/h10H,2-9H2,1H3,(H,17,18)(H2,14,15,19). The van der Waals surface area contributed by atoms with Crippen LogP contribution in [0.15, 0.2) is 0 Å². The molecule has 0 aromatic rings. The molecule has 0 spiro atoms. The monoisotopic (exact) mass is 269 g/mol. The zero-order valence-electron chi connectivity index (χ0n) is 11.4. The Kier molecular flexibility index (Phi) is 4.29. The predicted molar refractivity (Wildman–Crippen MR) is 71.0 cm³/mol. The van der Waals surface area contributed by atoms with E-state index in [-0.39, 0.29) is 6.03 Å². The second-order valence-electron chi connectivity index (χ2n) is 5.71. The van der Waals surface area contributed by atoms with Crippen LogP contribution in [0.3, 0.4) is 0 Å². The Labute approximate surface area is 113 Å². The van der Waals surface area contributed by atoms with Crippen molar-refractivity contribution < 1.29 is 14.7 Å². The summed E-state index contributed by atoms with van der Waals surface area (Å²) >= 11 is 0. The molecule has 0 aromatic carbocycles. The van der Waals surface area contributed by atoms with Gasteiger partial charge < -0.3 is 20.6 Å². The van der Waals surface area contributed by atoms with Crippen LogP contribution in [0.25, 0.3) is 0 Å². The van der Waals surface area contributed by atoms with Crippen molar-refractivity contribution in [3.63, 3.8) is 0 Å². The van der Waals surface area contributed by atoms with E-state index >= 15 is 0 Å². The number of carboxylic acid groups (broad SMARTS) is 1. The number of likely N-dealkylation sites (N-methyl/N-ethyl adjacent to an activating group) is 1. The number of amides is 2. The summed E-state index contributed by atoms with van der Waals surface area (Å²) in [5.74, 6) is -0.918. The molecular formula is C13H23N3O3. The van der Waals surface area contributed by atoms with Gasteiger partial charge in [0.1, 0.15) is 5.54 Å². The highest BCUT2D eigenvalue weighted by Gasteiger charge is 2.42. The van der Waals surface area contributed by atoms with E-state index in [0.29, 0.717) is 25.4 Å². The highest BCUT2D eigenvalue weighted by atomic mass is 16.4. The Hall–Kier alpha value is -1.30. The van der Waals surface area contributed by atoms with Crippen LogP contribution in [0, 0.1) is 0 Å². The SMILES string of the molecule is CN1CCCC1CNC(=O)NC1(C(=O)O)CCCC1. The largest absolute Gasteiger partial charge is 0.480 e. The first-order valence-corrected chi connectivity index (χ1v) is 7.03. The minimum Gasteiger partial charge on any atom is -0.480 e. The molecule has 108 valence electrons. The van der Waals surface area contributed by atoms with Crippen LogP contribution >= 0.6 is 0 Å². The van der Waals surface area contributed by atoms with Gasteiger partial charge in [0.2, 0.25) is 0 Å². The fourth-order valence-electron chi connectivity index (χ4n) is 3.08. The summed E-state index contributed by atoms with van der Waals surface area (Å²) in [6.07, 6.45) is 5.01. The Morgan fingerprint density at radius 1 is 1.32 bits per heavy atom. The molecule has 0 radical (unpaired) electrons. The third kappa shape index (κ3) is 3.18. The van der Waals surface area contributed by atoms with Crippen molar-refractivity contribution in [2.75, 3.05) is 20.1 Å². The van der Waals surface area contributed by atoms with Crippen LogP contribution < -0.4 is 10.6 Å². The molecule has 0 bridgehead atoms. The van der Waals surface area contributed by atoms with Crippen molar-refractivity contribution in [2.45, 2.75) is 50.1 Å². The van der Waals surface area contributed by atoms with Crippen LogP contribution in [0.4, 0.5) is 4.79 Å². The maximum atomic E-state index is 11.9. The van der Waals surface area contributed by atoms with Gasteiger partial charge in [-0.2, -0.15) is 0 Å². The fraction of sp³-hybridized carbons (Fsp3) is 0.846. The van der Waals surface area contributed by atoms with E-state index < -0.39 is 11.5 Å². The lowest BCUT2D eigenvalue weighted by Gasteiger charge is -2.26. The topological polar surface area (TPSA) is 81.7 Å². The molecule has 19 heavy (non-hydrogen) atoms. The van der Waals surface area contributed by atoms with E-state index in [1.54, 1.807) is 0 Å². The third-order valence-corrected chi connectivity index (χ3v) is 4.39. The summed E-state index contributed by atoms with van der Waals surface area (Å²) < 4.78 is 0. The molecule has 2 aliphatic rings. The van der Waals surface area contributed by atoms with Gasteiger partial charge >= 0.3 is 12.0 Å². The molecule has 6 nitrogen and oxygen atoms in total. The summed E-state index contributed by atoms with van der Waals surface area (Å²) in [6.45, 7) is 1.64. The van der Waals surface area contributed by atoms with E-state index in [4.69, 9.17) is 0 Å². The number of hydrogen-bond acceptors (Lipinski definition) is 3. The van der Waals surface area contributed by atoms with Gasteiger partial charge in [-0.3, -0.25) is 0 Å². The Morgan fingerprint density at radius 2 is 2.00 bits per heavy atom. The fourth-order valence-corrected chi connectivity index (χ4v) is 3.08. The van der Waals surface area contributed by atoms with Crippen molar-refractivity contribution >= 4 is 12.0 Å². The quantitative estimate of drug-likeness (QED) is 0.704. The van der Waals surface area contributed by atoms with Gasteiger partial charge in [-0.15, -0.1) is 0 Å². The Balaban J connectivity index is 1.81. The summed E-state index contributed by atoms with van der Waals surface area (Å²) in [7, 11) is 2.05. The first-order valence-electron chi connectivity index (χ1n) is 7.03. The molecule has 2 fully saturated rings. The lowest BCUT2D eigenvalue weighted by molar-refractivity contribution is -0.144. The minimum absolute atomic E-state index is 0.357. The van der Waals surface area contributed by atoms with Gasteiger partial charge in [0.25, 0.3) is 0 Å². The van der Waals surface area contributed by atoms with Crippen molar-refractivity contribution in [2.24, 2.45) is 0 Å². The van der Waals surface area contributed by atoms with E-state index in [2.05, 4.69) is 15.5 Å². The molecule has 1 aliphatic heterocycles. The first kappa shape index (κ1) is 14.1. The molecule has 1 saturated heterocycles. The second kappa shape index (κ2) is 5.77. The Morgan fingerprint density at radius 3 is 2.53 bits per heavy atom. The summed E-state index contributed by atoms with van der Waals surface area (Å²) in [5, 5.41) is 14.8. The van der Waals surface area contributed by atoms with Gasteiger partial charge in [0.15, 0.2) is 0 Å². The zero-order valence-corrected chi connectivity index (χ0v) is 11.4. The van der Waals surface area contributed by atoms with E-state index in [1.165, 1.54) is 0 Å². The van der Waals surface area contributed by atoms with Crippen LogP contribution in [0.2, 0.25) is 0 Å². The number of urea groups is 1. The van der Waals surface area contributed by atoms with Gasteiger partial charge in [-0.05, 0) is 39.3 Å². The number of nitrogens with one attached hydrogen (secondary N) is 2. The molecule has 1 saturated carbocycles. The van der Waals surface area contributed by atoms with Crippen LogP contribution in [-0.4, -0.2) is 53.7 Å². The average Bonchev–Trinajstić information content (AvgIpc) is 2.97. The molecule has 6 heteroatoms. The van der Waals surface area contributed by atoms with Crippen molar-refractivity contribution in [3.05, 3.63) is 0 Å². The third-order valence-electron chi connectivity index (χ3n) is 4.39. The molecule has 3 N–H and O–H groups in total. The number of aliphatic carboxylic acids is 1. The number of carbonyl (C=O) groups excluding carboxylic acids is 1. The van der Waals surface area contributed by atoms with E-state index in [9.17, 15) is 14.7 Å². The number of likely N-dealkylation sites (tertiary alicyclic amines) is 1. The number of carbonyl (C=O) groups is 2. The van der Waals surface area contributed by atoms with Gasteiger partial charge in [-0.1, -0.05) is 12.8 Å². The molecule has 0 aromatic heterocycles. The molecule has 2 rings (SSSR count). The number of nitrogens with zero attached hydrogens (tertiary/aromatic N) is 1. The lowest BCUT2D eigenvalue weighted by Crippen LogP contribution is -2.56. The Bertz CT molecular complexity index is 353. The highest BCUT2D eigenvalue weighted by Crippen LogP contribution is 2.29.